The van der Waals surface area contributed by atoms with E-state index >= 15 is 0 Å². The van der Waals surface area contributed by atoms with Crippen molar-refractivity contribution in [1.29, 1.82) is 0 Å². The van der Waals surface area contributed by atoms with Crippen LogP contribution >= 0.6 is 0 Å². The van der Waals surface area contributed by atoms with Gasteiger partial charge in [-0.1, -0.05) is 44.2 Å². The van der Waals surface area contributed by atoms with E-state index in [2.05, 4.69) is 57.4 Å². The number of nitrogens with zero attached hydrogens (tertiary/aromatic N) is 5. The van der Waals surface area contributed by atoms with Crippen LogP contribution in [0.25, 0.3) is 22.3 Å². The first kappa shape index (κ1) is 24.4. The van der Waals surface area contributed by atoms with Crippen molar-refractivity contribution in [2.45, 2.75) is 13.8 Å². The molecule has 2 aromatic carbocycles. The molecule has 7 nitrogen and oxygen atoms in total. The lowest BCUT2D eigenvalue weighted by Crippen LogP contribution is -2.44. The van der Waals surface area contributed by atoms with Gasteiger partial charge in [-0.15, -0.1) is 0 Å². The number of rotatable bonds is 6. The second-order valence-electron chi connectivity index (χ2n) is 8.63. The fraction of sp³-hybridized carbons (Fsp3) is 0.481. The molecule has 34 heavy (non-hydrogen) atoms. The molecule has 3 aromatic rings. The minimum Gasteiger partial charge on any atom is -0.379 e. The molecule has 182 valence electrons. The second-order valence-corrected chi connectivity index (χ2v) is 8.63. The average Bonchev–Trinajstić information content (AvgIpc) is 2.91. The number of morpholine rings is 1. The smallest absolute Gasteiger partial charge is 0.162 e. The lowest BCUT2D eigenvalue weighted by atomic mass is 10.1. The molecule has 3 heterocycles. The molecular formula is C27H38N6O. The van der Waals surface area contributed by atoms with E-state index in [1.54, 1.807) is 0 Å². The predicted octanol–water partition coefficient (Wildman–Crippen LogP) is 3.82. The van der Waals surface area contributed by atoms with Crippen LogP contribution in [-0.4, -0.2) is 92.4 Å². The van der Waals surface area contributed by atoms with Gasteiger partial charge in [-0.2, -0.15) is 0 Å². The highest BCUT2D eigenvalue weighted by Crippen LogP contribution is 2.29. The molecule has 0 saturated carbocycles. The van der Waals surface area contributed by atoms with E-state index in [1.165, 1.54) is 5.69 Å². The van der Waals surface area contributed by atoms with Crippen LogP contribution in [0, 0.1) is 0 Å². The van der Waals surface area contributed by atoms with Gasteiger partial charge in [0.15, 0.2) is 5.82 Å². The number of hydrogen-bond acceptors (Lipinski definition) is 7. The monoisotopic (exact) mass is 462 g/mol. The maximum Gasteiger partial charge on any atom is 0.162 e. The highest BCUT2D eigenvalue weighted by atomic mass is 16.5. The number of nitrogens with one attached hydrogen (secondary N) is 1. The molecule has 0 bridgehead atoms. The molecule has 0 spiro atoms. The molecule has 0 unspecified atom stereocenters. The van der Waals surface area contributed by atoms with Gasteiger partial charge >= 0.3 is 0 Å². The van der Waals surface area contributed by atoms with Gasteiger partial charge in [0.25, 0.3) is 0 Å². The van der Waals surface area contributed by atoms with Crippen molar-refractivity contribution in [2.24, 2.45) is 0 Å². The van der Waals surface area contributed by atoms with Crippen LogP contribution in [-0.2, 0) is 4.74 Å². The summed E-state index contributed by atoms with van der Waals surface area (Å²) in [4.78, 5) is 17.1. The van der Waals surface area contributed by atoms with Gasteiger partial charge in [0.1, 0.15) is 5.82 Å². The summed E-state index contributed by atoms with van der Waals surface area (Å²) in [7, 11) is 2.19. The minimum atomic E-state index is 0.763. The molecule has 7 heteroatoms. The van der Waals surface area contributed by atoms with Crippen LogP contribution in [0.4, 0.5) is 11.5 Å². The van der Waals surface area contributed by atoms with E-state index in [-0.39, 0.29) is 0 Å². The van der Waals surface area contributed by atoms with Crippen molar-refractivity contribution >= 4 is 22.4 Å². The first-order chi connectivity index (χ1) is 16.8. The Morgan fingerprint density at radius 2 is 1.62 bits per heavy atom. The van der Waals surface area contributed by atoms with E-state index in [0.717, 1.165) is 93.7 Å². The fourth-order valence-electron chi connectivity index (χ4n) is 4.39. The standard InChI is InChI=1S/C25H32N6O.C2H6/c1-29-11-13-31(14-12-29)21-7-8-23-22(19-21)25(26-9-10-30-15-17-32-18-16-30)28-24(27-23)20-5-3-2-4-6-20;1-2/h2-8,19H,9-18H2,1H3,(H,26,27,28);1-2H3. The summed E-state index contributed by atoms with van der Waals surface area (Å²) in [5.41, 5.74) is 3.26. The van der Waals surface area contributed by atoms with E-state index in [1.807, 2.05) is 32.0 Å². The Kier molecular flexibility index (Phi) is 8.68. The molecule has 2 aliphatic rings. The van der Waals surface area contributed by atoms with Crippen molar-refractivity contribution in [3.63, 3.8) is 0 Å². The van der Waals surface area contributed by atoms with Crippen LogP contribution in [0.5, 0.6) is 0 Å². The van der Waals surface area contributed by atoms with Gasteiger partial charge in [0, 0.05) is 69.0 Å². The Morgan fingerprint density at radius 1 is 0.882 bits per heavy atom. The fourth-order valence-corrected chi connectivity index (χ4v) is 4.39. The van der Waals surface area contributed by atoms with Crippen LogP contribution in [0.3, 0.4) is 0 Å². The van der Waals surface area contributed by atoms with E-state index in [4.69, 9.17) is 14.7 Å². The number of benzene rings is 2. The minimum absolute atomic E-state index is 0.763. The Bertz CT molecular complexity index is 1030. The van der Waals surface area contributed by atoms with Gasteiger partial charge in [-0.25, -0.2) is 9.97 Å². The molecule has 0 amide bonds. The maximum absolute atomic E-state index is 5.47. The number of likely N-dealkylation sites (N-methyl/N-ethyl adjacent to an activating group) is 1. The SMILES string of the molecule is CC.CN1CCN(c2ccc3nc(-c4ccccc4)nc(NCCN4CCOCC4)c3c2)CC1. The summed E-state index contributed by atoms with van der Waals surface area (Å²) in [6.45, 7) is 13.7. The number of ether oxygens (including phenoxy) is 1. The molecule has 2 fully saturated rings. The van der Waals surface area contributed by atoms with Crippen LogP contribution in [0.1, 0.15) is 13.8 Å². The molecule has 2 saturated heterocycles. The first-order valence-electron chi connectivity index (χ1n) is 12.6. The van der Waals surface area contributed by atoms with Crippen molar-refractivity contribution in [2.75, 3.05) is 82.8 Å². The number of anilines is 2. The van der Waals surface area contributed by atoms with E-state index in [0.29, 0.717) is 0 Å². The first-order valence-corrected chi connectivity index (χ1v) is 12.6. The summed E-state index contributed by atoms with van der Waals surface area (Å²) < 4.78 is 5.47. The van der Waals surface area contributed by atoms with Gasteiger partial charge in [-0.05, 0) is 25.2 Å². The third-order valence-corrected chi connectivity index (χ3v) is 6.40. The van der Waals surface area contributed by atoms with Gasteiger partial charge in [-0.3, -0.25) is 4.90 Å². The number of fused-ring (bicyclic) bond motifs is 1. The summed E-state index contributed by atoms with van der Waals surface area (Å²) >= 11 is 0. The zero-order valence-electron chi connectivity index (χ0n) is 20.8. The summed E-state index contributed by atoms with van der Waals surface area (Å²) in [6, 6.07) is 16.8. The van der Waals surface area contributed by atoms with Crippen LogP contribution in [0.2, 0.25) is 0 Å². The van der Waals surface area contributed by atoms with Gasteiger partial charge < -0.3 is 19.9 Å². The second kappa shape index (κ2) is 12.1. The van der Waals surface area contributed by atoms with Crippen molar-refractivity contribution in [1.82, 2.24) is 19.8 Å². The molecule has 1 N–H and O–H groups in total. The normalized spacial score (nSPS) is 17.3. The summed E-state index contributed by atoms with van der Waals surface area (Å²) in [6.07, 6.45) is 0. The van der Waals surface area contributed by atoms with Crippen LogP contribution < -0.4 is 10.2 Å². The Balaban J connectivity index is 0.00000133. The molecule has 0 radical (unpaired) electrons. The van der Waals surface area contributed by atoms with E-state index < -0.39 is 0 Å². The molecule has 2 aliphatic heterocycles. The number of aromatic nitrogens is 2. The molecule has 5 rings (SSSR count). The van der Waals surface area contributed by atoms with E-state index in [9.17, 15) is 0 Å². The Labute approximate surface area is 203 Å². The number of piperazine rings is 1. The molecule has 0 aliphatic carbocycles. The Morgan fingerprint density at radius 3 is 2.35 bits per heavy atom. The highest BCUT2D eigenvalue weighted by molar-refractivity contribution is 5.93. The predicted molar refractivity (Wildman–Crippen MR) is 142 cm³/mol. The zero-order chi connectivity index (χ0) is 23.8. The largest absolute Gasteiger partial charge is 0.379 e. The van der Waals surface area contributed by atoms with Crippen molar-refractivity contribution in [3.05, 3.63) is 48.5 Å². The van der Waals surface area contributed by atoms with Gasteiger partial charge in [0.05, 0.1) is 18.7 Å². The third kappa shape index (κ3) is 6.03. The number of hydrogen-bond donors (Lipinski definition) is 1. The van der Waals surface area contributed by atoms with Crippen LogP contribution in [0.15, 0.2) is 48.5 Å². The topological polar surface area (TPSA) is 56.8 Å². The van der Waals surface area contributed by atoms with Gasteiger partial charge in [0.2, 0.25) is 0 Å². The molecule has 1 aromatic heterocycles. The lowest BCUT2D eigenvalue weighted by molar-refractivity contribution is 0.0398. The highest BCUT2D eigenvalue weighted by Gasteiger charge is 2.17. The lowest BCUT2D eigenvalue weighted by Gasteiger charge is -2.34. The summed E-state index contributed by atoms with van der Waals surface area (Å²) in [5.74, 6) is 1.68. The zero-order valence-corrected chi connectivity index (χ0v) is 20.8. The molecule has 0 atom stereocenters. The maximum atomic E-state index is 5.47. The third-order valence-electron chi connectivity index (χ3n) is 6.40. The van der Waals surface area contributed by atoms with Crippen molar-refractivity contribution < 1.29 is 4.74 Å². The van der Waals surface area contributed by atoms with Crippen molar-refractivity contribution in [3.8, 4) is 11.4 Å². The molecular weight excluding hydrogens is 424 g/mol. The Hall–Kier alpha value is -2.74. The quantitative estimate of drug-likeness (QED) is 0.598. The average molecular weight is 463 g/mol. The summed E-state index contributed by atoms with van der Waals surface area (Å²) in [5, 5.41) is 4.71.